The van der Waals surface area contributed by atoms with Gasteiger partial charge in [-0.05, 0) is 47.9 Å². The molecule has 0 radical (unpaired) electrons. The van der Waals surface area contributed by atoms with Crippen LogP contribution in [0, 0.1) is 5.82 Å². The molecule has 0 saturated carbocycles. The second-order valence-corrected chi connectivity index (χ2v) is 8.96. The van der Waals surface area contributed by atoms with Crippen LogP contribution >= 0.6 is 0 Å². The van der Waals surface area contributed by atoms with Crippen molar-refractivity contribution in [3.63, 3.8) is 0 Å². The largest absolute Gasteiger partial charge is 0.453 e. The third-order valence-electron chi connectivity index (χ3n) is 6.34. The van der Waals surface area contributed by atoms with Crippen molar-refractivity contribution in [1.82, 2.24) is 19.7 Å². The monoisotopic (exact) mass is 510 g/mol. The number of fused-ring (bicyclic) bond motifs is 1. The zero-order valence-electron chi connectivity index (χ0n) is 20.0. The van der Waals surface area contributed by atoms with Crippen LogP contribution in [-0.4, -0.2) is 31.7 Å². The fourth-order valence-electron chi connectivity index (χ4n) is 4.24. The summed E-state index contributed by atoms with van der Waals surface area (Å²) in [4.78, 5) is 19.3. The smallest absolute Gasteiger partial charge is 0.395 e. The molecular weight excluding hydrogens is 488 g/mol. The molecule has 0 spiro atoms. The van der Waals surface area contributed by atoms with Crippen LogP contribution in [-0.2, 0) is 20.1 Å². The average Bonchev–Trinajstić information content (AvgIpc) is 3.43. The number of amides is 1. The highest BCUT2D eigenvalue weighted by Crippen LogP contribution is 2.38. The third kappa shape index (κ3) is 4.91. The molecule has 1 aliphatic rings. The Morgan fingerprint density at radius 3 is 2.54 bits per heavy atom. The topological polar surface area (TPSA) is 60.2 Å². The van der Waals surface area contributed by atoms with Crippen molar-refractivity contribution >= 4 is 5.91 Å². The molecule has 1 aliphatic heterocycles. The van der Waals surface area contributed by atoms with Gasteiger partial charge in [0.05, 0.1) is 23.4 Å². The summed E-state index contributed by atoms with van der Waals surface area (Å²) in [5.41, 5.74) is 3.28. The quantitative estimate of drug-likeness (QED) is 0.288. The van der Waals surface area contributed by atoms with Crippen molar-refractivity contribution in [1.29, 1.82) is 0 Å². The molecule has 0 fully saturated rings. The molecule has 6 nitrogen and oxygen atoms in total. The lowest BCUT2D eigenvalue weighted by atomic mass is 10.0. The lowest BCUT2D eigenvalue weighted by molar-refractivity contribution is -0.146. The van der Waals surface area contributed by atoms with Gasteiger partial charge in [-0.2, -0.15) is 18.3 Å². The number of alkyl halides is 3. The van der Waals surface area contributed by atoms with E-state index in [0.717, 1.165) is 35.9 Å². The number of rotatable bonds is 6. The van der Waals surface area contributed by atoms with Gasteiger partial charge in [-0.25, -0.2) is 4.39 Å². The van der Waals surface area contributed by atoms with Gasteiger partial charge in [0.25, 0.3) is 5.91 Å². The number of carbonyl (C=O) groups excluding carboxylic acids is 1. The molecule has 2 aromatic carbocycles. The van der Waals surface area contributed by atoms with Gasteiger partial charge in [-0.15, -0.1) is 0 Å². The number of halogens is 4. The number of hydrogen-bond donors (Lipinski definition) is 0. The highest BCUT2D eigenvalue weighted by molar-refractivity contribution is 6.01. The normalized spacial score (nSPS) is 14.1. The number of carbonyl (C=O) groups is 1. The number of nitrogens with zero attached hydrogens (tertiary/aromatic N) is 4. The second kappa shape index (κ2) is 9.34. The maximum absolute atomic E-state index is 14.7. The minimum absolute atomic E-state index is 0.144. The fraction of sp³-hybridized carbons (Fsp3) is 0.222. The van der Waals surface area contributed by atoms with Gasteiger partial charge in [0.15, 0.2) is 11.6 Å². The lowest BCUT2D eigenvalue weighted by Gasteiger charge is -2.17. The molecule has 190 valence electrons. The molecule has 3 heterocycles. The van der Waals surface area contributed by atoms with E-state index in [1.54, 1.807) is 34.1 Å². The molecule has 2 aromatic heterocycles. The van der Waals surface area contributed by atoms with E-state index >= 15 is 0 Å². The van der Waals surface area contributed by atoms with Crippen LogP contribution in [0.5, 0.6) is 11.5 Å². The molecule has 0 bridgehead atoms. The Hall–Kier alpha value is -4.21. The van der Waals surface area contributed by atoms with Crippen LogP contribution in [0.15, 0.2) is 67.1 Å². The van der Waals surface area contributed by atoms with E-state index in [1.807, 2.05) is 25.4 Å². The van der Waals surface area contributed by atoms with E-state index in [2.05, 4.69) is 10.1 Å². The molecule has 0 saturated heterocycles. The summed E-state index contributed by atoms with van der Waals surface area (Å²) >= 11 is 0. The summed E-state index contributed by atoms with van der Waals surface area (Å²) in [6.07, 6.45) is 0.795. The van der Waals surface area contributed by atoms with Crippen molar-refractivity contribution in [3.8, 4) is 22.8 Å². The Kier molecular flexibility index (Phi) is 6.18. The van der Waals surface area contributed by atoms with Gasteiger partial charge < -0.3 is 9.64 Å². The van der Waals surface area contributed by atoms with Gasteiger partial charge in [0.2, 0.25) is 0 Å². The van der Waals surface area contributed by atoms with Crippen molar-refractivity contribution in [2.75, 3.05) is 0 Å². The van der Waals surface area contributed by atoms with Crippen molar-refractivity contribution in [2.24, 2.45) is 7.05 Å². The van der Waals surface area contributed by atoms with E-state index in [-0.39, 0.29) is 23.0 Å². The summed E-state index contributed by atoms with van der Waals surface area (Å²) in [6.45, 7) is 1.61. The Labute approximate surface area is 210 Å². The third-order valence-corrected chi connectivity index (χ3v) is 6.34. The first-order valence-corrected chi connectivity index (χ1v) is 11.5. The summed E-state index contributed by atoms with van der Waals surface area (Å²) in [6, 6.07) is 11.9. The predicted molar refractivity (Wildman–Crippen MR) is 127 cm³/mol. The van der Waals surface area contributed by atoms with Gasteiger partial charge in [0, 0.05) is 38.1 Å². The first-order valence-electron chi connectivity index (χ1n) is 11.5. The number of benzene rings is 2. The zero-order valence-corrected chi connectivity index (χ0v) is 20.0. The number of pyridine rings is 1. The molecule has 0 aliphatic carbocycles. The minimum atomic E-state index is -4.49. The number of aryl methyl sites for hydroxylation is 1. The highest BCUT2D eigenvalue weighted by atomic mass is 19.4. The van der Waals surface area contributed by atoms with Crippen LogP contribution in [0.25, 0.3) is 11.3 Å². The molecule has 10 heteroatoms. The standard InChI is InChI=1S/C27H22F4N4O2/c1-16(27(29,30)31)18-7-9-23(21(28)10-18)37-24-5-3-4-19-15-35(26(36)25(19)24)13-17-6-8-22(32-11-17)20-12-33-34(2)14-20/h3-12,14,16H,13,15H2,1-2H3. The van der Waals surface area contributed by atoms with Crippen LogP contribution < -0.4 is 4.74 Å². The van der Waals surface area contributed by atoms with Crippen molar-refractivity contribution < 1.29 is 27.1 Å². The van der Waals surface area contributed by atoms with E-state index < -0.39 is 17.9 Å². The zero-order chi connectivity index (χ0) is 26.3. The minimum Gasteiger partial charge on any atom is -0.453 e. The molecule has 1 amide bonds. The number of aromatic nitrogens is 3. The highest BCUT2D eigenvalue weighted by Gasteiger charge is 2.37. The Morgan fingerprint density at radius 1 is 1.08 bits per heavy atom. The Bertz CT molecular complexity index is 1460. The number of ether oxygens (including phenoxy) is 1. The van der Waals surface area contributed by atoms with Crippen LogP contribution in [0.3, 0.4) is 0 Å². The summed E-state index contributed by atoms with van der Waals surface area (Å²) in [7, 11) is 1.82. The van der Waals surface area contributed by atoms with Gasteiger partial charge in [-0.3, -0.25) is 14.5 Å². The summed E-state index contributed by atoms with van der Waals surface area (Å²) < 4.78 is 61.0. The van der Waals surface area contributed by atoms with E-state index in [0.29, 0.717) is 24.2 Å². The average molecular weight is 510 g/mol. The molecule has 1 unspecified atom stereocenters. The van der Waals surface area contributed by atoms with E-state index in [1.165, 1.54) is 12.1 Å². The lowest BCUT2D eigenvalue weighted by Crippen LogP contribution is -2.23. The second-order valence-electron chi connectivity index (χ2n) is 8.96. The molecule has 37 heavy (non-hydrogen) atoms. The van der Waals surface area contributed by atoms with Crippen LogP contribution in [0.1, 0.15) is 39.9 Å². The van der Waals surface area contributed by atoms with Crippen molar-refractivity contribution in [2.45, 2.75) is 32.1 Å². The summed E-state index contributed by atoms with van der Waals surface area (Å²) in [5.74, 6) is -3.16. The molecule has 1 atom stereocenters. The maximum atomic E-state index is 14.7. The van der Waals surface area contributed by atoms with Gasteiger partial charge in [-0.1, -0.05) is 24.3 Å². The van der Waals surface area contributed by atoms with E-state index in [4.69, 9.17) is 4.74 Å². The Balaban J connectivity index is 1.32. The van der Waals surface area contributed by atoms with Crippen LogP contribution in [0.4, 0.5) is 17.6 Å². The first-order chi connectivity index (χ1) is 17.6. The molecular formula is C27H22F4N4O2. The molecule has 0 N–H and O–H groups in total. The SMILES string of the molecule is CC(c1ccc(Oc2cccc3c2C(=O)N(Cc2ccc(-c4cnn(C)c4)nc2)C3)c(F)c1)C(F)(F)F. The fourth-order valence-corrected chi connectivity index (χ4v) is 4.24. The predicted octanol–water partition coefficient (Wildman–Crippen LogP) is 6.24. The van der Waals surface area contributed by atoms with E-state index in [9.17, 15) is 22.4 Å². The number of hydrogen-bond acceptors (Lipinski definition) is 4. The van der Waals surface area contributed by atoms with Gasteiger partial charge in [0.1, 0.15) is 5.75 Å². The maximum Gasteiger partial charge on any atom is 0.395 e. The van der Waals surface area contributed by atoms with Crippen LogP contribution in [0.2, 0.25) is 0 Å². The molecule has 5 rings (SSSR count). The summed E-state index contributed by atoms with van der Waals surface area (Å²) in [5, 5.41) is 4.14. The van der Waals surface area contributed by atoms with Crippen molar-refractivity contribution in [3.05, 3.63) is 95.2 Å². The molecule has 4 aromatic rings. The first kappa shape index (κ1) is 24.5. The van der Waals surface area contributed by atoms with Gasteiger partial charge >= 0.3 is 6.18 Å². The Morgan fingerprint density at radius 2 is 1.89 bits per heavy atom.